The van der Waals surface area contributed by atoms with E-state index >= 15 is 0 Å². The fourth-order valence-corrected chi connectivity index (χ4v) is 3.79. The Bertz CT molecular complexity index is 1240. The zero-order valence-electron chi connectivity index (χ0n) is 17.9. The Morgan fingerprint density at radius 1 is 1.03 bits per heavy atom. The molecule has 2 N–H and O–H groups in total. The van der Waals surface area contributed by atoms with Crippen molar-refractivity contribution < 1.29 is 5.11 Å². The Morgan fingerprint density at radius 2 is 1.81 bits per heavy atom. The van der Waals surface area contributed by atoms with Gasteiger partial charge in [-0.15, -0.1) is 0 Å². The first-order valence-corrected chi connectivity index (χ1v) is 10.5. The van der Waals surface area contributed by atoms with Crippen LogP contribution in [0.25, 0.3) is 17.1 Å². The molecule has 0 amide bonds. The summed E-state index contributed by atoms with van der Waals surface area (Å²) in [7, 11) is 0. The molecule has 1 aliphatic carbocycles. The molecule has 4 aromatic rings. The maximum Gasteiger partial charge on any atom is 0.159 e. The van der Waals surface area contributed by atoms with Crippen molar-refractivity contribution in [3.63, 3.8) is 0 Å². The highest BCUT2D eigenvalue weighted by molar-refractivity contribution is 5.71. The van der Waals surface area contributed by atoms with Crippen LogP contribution in [0.4, 0.5) is 11.6 Å². The standard InChI is InChI=1S/C23H25N7O/c1-14-10-15(2)30(27-14)21-11-20(24-13-25-21)26-23-16(3)22(18-6-8-19(31)9-7-18)28-29(23)12-17-4-5-17/h6-11,13,17,31H,4-5,12H2,1-3H3,(H,24,25,26). The first kappa shape index (κ1) is 19.3. The summed E-state index contributed by atoms with van der Waals surface area (Å²) in [6.45, 7) is 6.91. The Morgan fingerprint density at radius 3 is 2.48 bits per heavy atom. The van der Waals surface area contributed by atoms with Crippen molar-refractivity contribution in [3.05, 3.63) is 59.7 Å². The summed E-state index contributed by atoms with van der Waals surface area (Å²) in [4.78, 5) is 8.82. The monoisotopic (exact) mass is 415 g/mol. The molecule has 0 atom stereocenters. The highest BCUT2D eigenvalue weighted by atomic mass is 16.3. The van der Waals surface area contributed by atoms with Crippen LogP contribution in [0, 0.1) is 26.7 Å². The lowest BCUT2D eigenvalue weighted by Crippen LogP contribution is -2.09. The van der Waals surface area contributed by atoms with Gasteiger partial charge in [0.05, 0.1) is 11.4 Å². The zero-order chi connectivity index (χ0) is 21.5. The third-order valence-electron chi connectivity index (χ3n) is 5.58. The number of anilines is 2. The number of hydrogen-bond donors (Lipinski definition) is 2. The van der Waals surface area contributed by atoms with Crippen LogP contribution in [-0.4, -0.2) is 34.6 Å². The molecular weight excluding hydrogens is 390 g/mol. The summed E-state index contributed by atoms with van der Waals surface area (Å²) in [5, 5.41) is 22.5. The summed E-state index contributed by atoms with van der Waals surface area (Å²) in [6, 6.07) is 11.1. The minimum Gasteiger partial charge on any atom is -0.508 e. The second-order valence-electron chi connectivity index (χ2n) is 8.22. The number of benzene rings is 1. The fraction of sp³-hybridized carbons (Fsp3) is 0.304. The smallest absolute Gasteiger partial charge is 0.159 e. The molecule has 0 aliphatic heterocycles. The molecule has 31 heavy (non-hydrogen) atoms. The van der Waals surface area contributed by atoms with Crippen molar-refractivity contribution in [3.8, 4) is 22.8 Å². The lowest BCUT2D eigenvalue weighted by atomic mass is 10.1. The molecule has 0 spiro atoms. The van der Waals surface area contributed by atoms with Crippen LogP contribution in [0.1, 0.15) is 29.8 Å². The van der Waals surface area contributed by atoms with Gasteiger partial charge in [-0.05, 0) is 69.9 Å². The molecule has 8 nitrogen and oxygen atoms in total. The van der Waals surface area contributed by atoms with Crippen LogP contribution >= 0.6 is 0 Å². The van der Waals surface area contributed by atoms with Crippen LogP contribution < -0.4 is 5.32 Å². The molecule has 3 aromatic heterocycles. The molecule has 158 valence electrons. The lowest BCUT2D eigenvalue weighted by molar-refractivity contribution is 0.475. The number of aromatic hydroxyl groups is 1. The van der Waals surface area contributed by atoms with Gasteiger partial charge in [-0.25, -0.2) is 19.3 Å². The number of phenolic OH excluding ortho intramolecular Hbond substituents is 1. The Kier molecular flexibility index (Phi) is 4.69. The van der Waals surface area contributed by atoms with Gasteiger partial charge in [0.2, 0.25) is 0 Å². The molecule has 1 fully saturated rings. The van der Waals surface area contributed by atoms with Crippen molar-refractivity contribution in [2.45, 2.75) is 40.2 Å². The van der Waals surface area contributed by atoms with Crippen LogP contribution in [0.2, 0.25) is 0 Å². The molecule has 0 unspecified atom stereocenters. The lowest BCUT2D eigenvalue weighted by Gasteiger charge is -2.11. The van der Waals surface area contributed by atoms with Crippen LogP contribution in [0.15, 0.2) is 42.7 Å². The molecule has 1 aromatic carbocycles. The second-order valence-corrected chi connectivity index (χ2v) is 8.22. The van der Waals surface area contributed by atoms with Gasteiger partial charge in [0.1, 0.15) is 23.7 Å². The topological polar surface area (TPSA) is 93.7 Å². The Balaban J connectivity index is 1.51. The second kappa shape index (κ2) is 7.54. The fourth-order valence-electron chi connectivity index (χ4n) is 3.79. The average Bonchev–Trinajstić information content (AvgIpc) is 3.44. The Hall–Kier alpha value is -3.68. The van der Waals surface area contributed by atoms with E-state index < -0.39 is 0 Å². The van der Waals surface area contributed by atoms with E-state index in [0.29, 0.717) is 17.6 Å². The van der Waals surface area contributed by atoms with Gasteiger partial charge in [0.25, 0.3) is 0 Å². The van der Waals surface area contributed by atoms with Crippen molar-refractivity contribution in [1.29, 1.82) is 0 Å². The highest BCUT2D eigenvalue weighted by Gasteiger charge is 2.25. The van der Waals surface area contributed by atoms with Crippen molar-refractivity contribution in [1.82, 2.24) is 29.5 Å². The van der Waals surface area contributed by atoms with Gasteiger partial charge in [-0.2, -0.15) is 10.2 Å². The van der Waals surface area contributed by atoms with Gasteiger partial charge < -0.3 is 10.4 Å². The third kappa shape index (κ3) is 3.88. The van der Waals surface area contributed by atoms with E-state index in [9.17, 15) is 5.11 Å². The third-order valence-corrected chi connectivity index (χ3v) is 5.58. The molecule has 3 heterocycles. The average molecular weight is 416 g/mol. The number of nitrogens with one attached hydrogen (secondary N) is 1. The number of aryl methyl sites for hydroxylation is 2. The summed E-state index contributed by atoms with van der Waals surface area (Å²) >= 11 is 0. The Labute approximate surface area is 180 Å². The number of aromatic nitrogens is 6. The first-order chi connectivity index (χ1) is 15.0. The number of nitrogens with zero attached hydrogens (tertiary/aromatic N) is 6. The summed E-state index contributed by atoms with van der Waals surface area (Å²) in [5.74, 6) is 3.24. The predicted molar refractivity (Wildman–Crippen MR) is 119 cm³/mol. The van der Waals surface area contributed by atoms with Gasteiger partial charge in [0, 0.05) is 29.4 Å². The molecule has 0 saturated heterocycles. The number of rotatable bonds is 6. The van der Waals surface area contributed by atoms with E-state index in [4.69, 9.17) is 5.10 Å². The molecule has 1 saturated carbocycles. The van der Waals surface area contributed by atoms with Crippen LogP contribution in [-0.2, 0) is 6.54 Å². The highest BCUT2D eigenvalue weighted by Crippen LogP contribution is 2.35. The van der Waals surface area contributed by atoms with Crippen LogP contribution in [0.5, 0.6) is 5.75 Å². The normalized spacial score (nSPS) is 13.5. The quantitative estimate of drug-likeness (QED) is 0.487. The molecule has 0 bridgehead atoms. The summed E-state index contributed by atoms with van der Waals surface area (Å²) in [6.07, 6.45) is 4.02. The SMILES string of the molecule is Cc1cc(C)n(-c2cc(Nc3c(C)c(-c4ccc(O)cc4)nn3CC3CC3)ncn2)n1. The van der Waals surface area contributed by atoms with Crippen molar-refractivity contribution >= 4 is 11.6 Å². The minimum atomic E-state index is 0.245. The number of hydrogen-bond acceptors (Lipinski definition) is 6. The van der Waals surface area contributed by atoms with Gasteiger partial charge in [-0.1, -0.05) is 0 Å². The molecule has 0 radical (unpaired) electrons. The van der Waals surface area contributed by atoms with Crippen molar-refractivity contribution in [2.75, 3.05) is 5.32 Å². The van der Waals surface area contributed by atoms with Crippen LogP contribution in [0.3, 0.4) is 0 Å². The van der Waals surface area contributed by atoms with Gasteiger partial charge in [0.15, 0.2) is 5.82 Å². The van der Waals surface area contributed by atoms with E-state index in [1.54, 1.807) is 18.5 Å². The van der Waals surface area contributed by atoms with E-state index in [1.165, 1.54) is 12.8 Å². The molecule has 5 rings (SSSR count). The zero-order valence-corrected chi connectivity index (χ0v) is 17.9. The van der Waals surface area contributed by atoms with Gasteiger partial charge >= 0.3 is 0 Å². The molecule has 1 aliphatic rings. The maximum absolute atomic E-state index is 9.64. The van der Waals surface area contributed by atoms with E-state index in [1.807, 2.05) is 47.5 Å². The van der Waals surface area contributed by atoms with E-state index in [0.717, 1.165) is 40.6 Å². The minimum absolute atomic E-state index is 0.245. The number of phenols is 1. The van der Waals surface area contributed by atoms with Crippen molar-refractivity contribution in [2.24, 2.45) is 5.92 Å². The maximum atomic E-state index is 9.64. The summed E-state index contributed by atoms with van der Waals surface area (Å²) in [5.41, 5.74) is 4.88. The van der Waals surface area contributed by atoms with E-state index in [2.05, 4.69) is 27.3 Å². The first-order valence-electron chi connectivity index (χ1n) is 10.5. The summed E-state index contributed by atoms with van der Waals surface area (Å²) < 4.78 is 3.86. The molecule has 8 heteroatoms. The van der Waals surface area contributed by atoms with E-state index in [-0.39, 0.29) is 5.75 Å². The largest absolute Gasteiger partial charge is 0.508 e. The van der Waals surface area contributed by atoms with Gasteiger partial charge in [-0.3, -0.25) is 0 Å². The predicted octanol–water partition coefficient (Wildman–Crippen LogP) is 4.31. The molecular formula is C23H25N7O.